The Morgan fingerprint density at radius 3 is 2.62 bits per heavy atom. The van der Waals surface area contributed by atoms with Crippen molar-refractivity contribution < 1.29 is 9.53 Å². The highest BCUT2D eigenvalue weighted by Crippen LogP contribution is 2.30. The van der Waals surface area contributed by atoms with Gasteiger partial charge in [-0.1, -0.05) is 17.8 Å². The van der Waals surface area contributed by atoms with Gasteiger partial charge in [-0.3, -0.25) is 18.7 Å². The normalized spacial score (nSPS) is 12.3. The molecular formula is C16H16N4O4S2. The Balaban J connectivity index is 2.34. The van der Waals surface area contributed by atoms with E-state index in [9.17, 15) is 14.4 Å². The molecule has 0 radical (unpaired) electrons. The first-order chi connectivity index (χ1) is 12.3. The van der Waals surface area contributed by atoms with Gasteiger partial charge in [0.25, 0.3) is 5.56 Å². The van der Waals surface area contributed by atoms with Crippen LogP contribution in [-0.2, 0) is 23.6 Å². The highest BCUT2D eigenvalue weighted by molar-refractivity contribution is 8.00. The van der Waals surface area contributed by atoms with Crippen LogP contribution in [0.15, 0.2) is 32.1 Å². The van der Waals surface area contributed by atoms with E-state index >= 15 is 0 Å². The molecule has 0 spiro atoms. The number of thioether (sulfide) groups is 1. The lowest BCUT2D eigenvalue weighted by Gasteiger charge is -2.13. The molecule has 0 amide bonds. The van der Waals surface area contributed by atoms with E-state index in [4.69, 9.17) is 4.74 Å². The number of methoxy groups -OCH3 is 1. The second-order valence-electron chi connectivity index (χ2n) is 5.52. The molecule has 3 heterocycles. The van der Waals surface area contributed by atoms with Crippen LogP contribution in [0, 0.1) is 0 Å². The number of carbonyl (C=O) groups excluding carboxylic acids is 1. The molecule has 136 valence electrons. The van der Waals surface area contributed by atoms with Crippen LogP contribution >= 0.6 is 23.1 Å². The van der Waals surface area contributed by atoms with Crippen molar-refractivity contribution in [3.8, 4) is 10.7 Å². The van der Waals surface area contributed by atoms with Crippen LogP contribution in [0.25, 0.3) is 21.7 Å². The number of esters is 1. The van der Waals surface area contributed by atoms with Crippen LogP contribution in [0.3, 0.4) is 0 Å². The van der Waals surface area contributed by atoms with Crippen molar-refractivity contribution in [2.45, 2.75) is 17.2 Å². The van der Waals surface area contributed by atoms with Gasteiger partial charge < -0.3 is 4.74 Å². The lowest BCUT2D eigenvalue weighted by molar-refractivity contribution is -0.139. The van der Waals surface area contributed by atoms with E-state index in [1.165, 1.54) is 30.1 Å². The number of fused-ring (bicyclic) bond motifs is 1. The monoisotopic (exact) mass is 392 g/mol. The summed E-state index contributed by atoms with van der Waals surface area (Å²) in [7, 11) is 4.25. The molecule has 0 fully saturated rings. The van der Waals surface area contributed by atoms with Gasteiger partial charge in [-0.25, -0.2) is 14.8 Å². The lowest BCUT2D eigenvalue weighted by atomic mass is 10.3. The Labute approximate surface area is 156 Å². The lowest BCUT2D eigenvalue weighted by Crippen LogP contribution is -2.37. The molecule has 0 unspecified atom stereocenters. The number of hydrogen-bond acceptors (Lipinski definition) is 8. The fraction of sp³-hybridized carbons (Fsp3) is 0.312. The van der Waals surface area contributed by atoms with Crippen LogP contribution in [0.2, 0.25) is 0 Å². The van der Waals surface area contributed by atoms with Crippen molar-refractivity contribution in [1.82, 2.24) is 19.1 Å². The maximum atomic E-state index is 12.7. The quantitative estimate of drug-likeness (QED) is 0.376. The number of nitrogens with zero attached hydrogens (tertiary/aromatic N) is 4. The fourth-order valence-electron chi connectivity index (χ4n) is 2.41. The highest BCUT2D eigenvalue weighted by atomic mass is 32.2. The van der Waals surface area contributed by atoms with E-state index in [-0.39, 0.29) is 11.0 Å². The summed E-state index contributed by atoms with van der Waals surface area (Å²) >= 11 is 2.55. The smallest absolute Gasteiger partial charge is 0.332 e. The van der Waals surface area contributed by atoms with Gasteiger partial charge in [0.15, 0.2) is 11.5 Å². The first-order valence-electron chi connectivity index (χ1n) is 7.61. The van der Waals surface area contributed by atoms with Crippen molar-refractivity contribution >= 4 is 40.1 Å². The average Bonchev–Trinajstić information content (AvgIpc) is 3.18. The maximum Gasteiger partial charge on any atom is 0.332 e. The summed E-state index contributed by atoms with van der Waals surface area (Å²) in [5.41, 5.74) is -0.744. The first kappa shape index (κ1) is 18.3. The van der Waals surface area contributed by atoms with Gasteiger partial charge in [0.05, 0.1) is 12.0 Å². The van der Waals surface area contributed by atoms with E-state index < -0.39 is 22.5 Å². The van der Waals surface area contributed by atoms with E-state index in [1.54, 1.807) is 14.0 Å². The van der Waals surface area contributed by atoms with Gasteiger partial charge in [0.1, 0.15) is 15.7 Å². The van der Waals surface area contributed by atoms with Gasteiger partial charge in [-0.15, -0.1) is 11.3 Å². The third-order valence-corrected chi connectivity index (χ3v) is 5.76. The molecule has 0 bridgehead atoms. The minimum atomic E-state index is -0.573. The fourth-order valence-corrected chi connectivity index (χ4v) is 4.03. The second-order valence-corrected chi connectivity index (χ2v) is 7.79. The zero-order chi connectivity index (χ0) is 19.0. The molecule has 0 N–H and O–H groups in total. The largest absolute Gasteiger partial charge is 0.468 e. The molecule has 3 aromatic rings. The molecule has 0 aromatic carbocycles. The number of rotatable bonds is 4. The van der Waals surface area contributed by atoms with Crippen LogP contribution in [0.4, 0.5) is 0 Å². The molecular weight excluding hydrogens is 376 g/mol. The molecule has 0 aliphatic carbocycles. The first-order valence-corrected chi connectivity index (χ1v) is 9.37. The predicted octanol–water partition coefficient (Wildman–Crippen LogP) is 1.41. The molecule has 26 heavy (non-hydrogen) atoms. The molecule has 3 rings (SSSR count). The Kier molecular flexibility index (Phi) is 4.97. The van der Waals surface area contributed by atoms with Crippen molar-refractivity contribution in [1.29, 1.82) is 0 Å². The number of carbonyl (C=O) groups is 1. The number of aryl methyl sites for hydroxylation is 1. The Hall–Kier alpha value is -2.46. The topological polar surface area (TPSA) is 96.1 Å². The Morgan fingerprint density at radius 1 is 1.27 bits per heavy atom. The molecule has 3 aromatic heterocycles. The zero-order valence-corrected chi connectivity index (χ0v) is 16.2. The number of ether oxygens (including phenoxy) is 1. The Morgan fingerprint density at radius 2 is 2.00 bits per heavy atom. The maximum absolute atomic E-state index is 12.7. The molecule has 0 saturated carbocycles. The van der Waals surface area contributed by atoms with Gasteiger partial charge in [0.2, 0.25) is 0 Å². The van der Waals surface area contributed by atoms with E-state index in [0.717, 1.165) is 21.2 Å². The van der Waals surface area contributed by atoms with Crippen LogP contribution in [0.1, 0.15) is 6.92 Å². The van der Waals surface area contributed by atoms with E-state index in [1.807, 2.05) is 17.5 Å². The molecule has 8 nitrogen and oxygen atoms in total. The van der Waals surface area contributed by atoms with Crippen LogP contribution in [0.5, 0.6) is 0 Å². The zero-order valence-electron chi connectivity index (χ0n) is 14.5. The average molecular weight is 392 g/mol. The summed E-state index contributed by atoms with van der Waals surface area (Å²) in [4.78, 5) is 46.5. The predicted molar refractivity (Wildman–Crippen MR) is 101 cm³/mol. The molecule has 10 heteroatoms. The summed E-state index contributed by atoms with van der Waals surface area (Å²) in [5.74, 6) is -0.0311. The summed E-state index contributed by atoms with van der Waals surface area (Å²) in [6, 6.07) is 3.71. The third kappa shape index (κ3) is 3.06. The van der Waals surface area contributed by atoms with Crippen LogP contribution < -0.4 is 11.2 Å². The van der Waals surface area contributed by atoms with Crippen molar-refractivity contribution in [3.63, 3.8) is 0 Å². The molecule has 0 aliphatic rings. The SMILES string of the molecule is COC(=O)[C@@H](C)Sc1nc(-c2cccs2)nc2c1c(=O)n(C)c(=O)n2C. The molecule has 0 aliphatic heterocycles. The molecule has 1 atom stereocenters. The second kappa shape index (κ2) is 7.04. The van der Waals surface area contributed by atoms with Gasteiger partial charge in [0, 0.05) is 14.1 Å². The minimum Gasteiger partial charge on any atom is -0.468 e. The van der Waals surface area contributed by atoms with Gasteiger partial charge >= 0.3 is 11.7 Å². The summed E-state index contributed by atoms with van der Waals surface area (Å²) < 4.78 is 7.07. The van der Waals surface area contributed by atoms with E-state index in [2.05, 4.69) is 9.97 Å². The van der Waals surface area contributed by atoms with Gasteiger partial charge in [-0.05, 0) is 18.4 Å². The van der Waals surface area contributed by atoms with E-state index in [0.29, 0.717) is 10.9 Å². The summed E-state index contributed by atoms with van der Waals surface area (Å²) in [6.45, 7) is 1.67. The van der Waals surface area contributed by atoms with Gasteiger partial charge in [-0.2, -0.15) is 0 Å². The third-order valence-electron chi connectivity index (χ3n) is 3.83. The van der Waals surface area contributed by atoms with Crippen LogP contribution in [-0.4, -0.2) is 37.4 Å². The highest BCUT2D eigenvalue weighted by Gasteiger charge is 2.23. The number of aromatic nitrogens is 4. The van der Waals surface area contributed by atoms with Crippen molar-refractivity contribution in [3.05, 3.63) is 38.4 Å². The van der Waals surface area contributed by atoms with Crippen molar-refractivity contribution in [2.75, 3.05) is 7.11 Å². The number of hydrogen-bond donors (Lipinski definition) is 0. The number of thiophene rings is 1. The summed E-state index contributed by atoms with van der Waals surface area (Å²) in [5, 5.41) is 1.86. The Bertz CT molecular complexity index is 1100. The van der Waals surface area contributed by atoms with Crippen molar-refractivity contribution in [2.24, 2.45) is 14.1 Å². The minimum absolute atomic E-state index is 0.204. The standard InChI is InChI=1S/C16H16N4O4S2/c1-8(15(22)24-4)26-13-10-12(19(2)16(23)20(3)14(10)21)17-11(18-13)9-6-5-7-25-9/h5-8H,1-4H3/t8-/m1/s1. The summed E-state index contributed by atoms with van der Waals surface area (Å²) in [6.07, 6.45) is 0. The molecule has 0 saturated heterocycles.